The van der Waals surface area contributed by atoms with Crippen LogP contribution in [0.25, 0.3) is 11.1 Å². The van der Waals surface area contributed by atoms with Crippen molar-refractivity contribution in [3.63, 3.8) is 0 Å². The molecule has 0 aliphatic carbocycles. The van der Waals surface area contributed by atoms with Gasteiger partial charge in [0.2, 0.25) is 0 Å². The predicted octanol–water partition coefficient (Wildman–Crippen LogP) is 4.48. The molecule has 3 aromatic rings. The van der Waals surface area contributed by atoms with Gasteiger partial charge in [-0.1, -0.05) is 65.8 Å². The Morgan fingerprint density at radius 1 is 0.923 bits per heavy atom. The van der Waals surface area contributed by atoms with Crippen molar-refractivity contribution < 1.29 is 14.0 Å². The number of halogens is 1. The second-order valence-electron chi connectivity index (χ2n) is 5.52. The van der Waals surface area contributed by atoms with Crippen molar-refractivity contribution in [1.29, 1.82) is 0 Å². The zero-order valence-corrected chi connectivity index (χ0v) is 13.9. The Balaban J connectivity index is 1.50. The average molecular weight is 348 g/mol. The van der Waals surface area contributed by atoms with Gasteiger partial charge in [-0.3, -0.25) is 4.79 Å². The number of carbonyl (C=O) groups excluding carboxylic acids is 1. The first-order valence-corrected chi connectivity index (χ1v) is 8.07. The highest BCUT2D eigenvalue weighted by atomic mass is 19.1. The van der Waals surface area contributed by atoms with Crippen molar-refractivity contribution in [3.05, 3.63) is 90.2 Å². The molecule has 0 atom stereocenters. The van der Waals surface area contributed by atoms with Gasteiger partial charge in [-0.25, -0.2) is 4.39 Å². The van der Waals surface area contributed by atoms with E-state index in [-0.39, 0.29) is 12.5 Å². The van der Waals surface area contributed by atoms with Crippen molar-refractivity contribution in [3.8, 4) is 11.1 Å². The molecule has 0 heterocycles. The van der Waals surface area contributed by atoms with Crippen LogP contribution in [0.1, 0.15) is 5.56 Å². The number of rotatable bonds is 6. The van der Waals surface area contributed by atoms with E-state index in [4.69, 9.17) is 4.84 Å². The van der Waals surface area contributed by atoms with Crippen molar-refractivity contribution in [1.82, 2.24) is 0 Å². The molecule has 26 heavy (non-hydrogen) atoms. The third kappa shape index (κ3) is 4.77. The number of hydrogen-bond acceptors (Lipinski definition) is 3. The quantitative estimate of drug-likeness (QED) is 0.527. The average Bonchev–Trinajstić information content (AvgIpc) is 2.68. The molecule has 3 rings (SSSR count). The lowest BCUT2D eigenvalue weighted by molar-refractivity contribution is -0.120. The Kier molecular flexibility index (Phi) is 5.72. The van der Waals surface area contributed by atoms with Gasteiger partial charge < -0.3 is 10.2 Å². The topological polar surface area (TPSA) is 50.7 Å². The van der Waals surface area contributed by atoms with E-state index >= 15 is 0 Å². The van der Waals surface area contributed by atoms with Crippen molar-refractivity contribution in [2.75, 3.05) is 11.9 Å². The lowest BCUT2D eigenvalue weighted by Crippen LogP contribution is -2.16. The van der Waals surface area contributed by atoms with Crippen LogP contribution in [-0.2, 0) is 9.63 Å². The number of anilines is 1. The molecule has 1 amide bonds. The second-order valence-corrected chi connectivity index (χ2v) is 5.52. The summed E-state index contributed by atoms with van der Waals surface area (Å²) in [4.78, 5) is 16.8. The van der Waals surface area contributed by atoms with Crippen molar-refractivity contribution in [2.24, 2.45) is 5.16 Å². The minimum absolute atomic E-state index is 0.259. The summed E-state index contributed by atoms with van der Waals surface area (Å²) in [7, 11) is 0. The van der Waals surface area contributed by atoms with Gasteiger partial charge in [0.05, 0.1) is 6.21 Å². The molecule has 0 fully saturated rings. The monoisotopic (exact) mass is 348 g/mol. The normalized spacial score (nSPS) is 10.7. The van der Waals surface area contributed by atoms with E-state index in [1.165, 1.54) is 12.3 Å². The van der Waals surface area contributed by atoms with Crippen molar-refractivity contribution >= 4 is 17.8 Å². The Morgan fingerprint density at radius 2 is 1.58 bits per heavy atom. The highest BCUT2D eigenvalue weighted by molar-refractivity contribution is 5.92. The van der Waals surface area contributed by atoms with Crippen LogP contribution in [0.15, 0.2) is 84.0 Å². The lowest BCUT2D eigenvalue weighted by atomic mass is 10.1. The minimum Gasteiger partial charge on any atom is -0.386 e. The molecule has 5 heteroatoms. The summed E-state index contributed by atoms with van der Waals surface area (Å²) in [5.41, 5.74) is 3.13. The van der Waals surface area contributed by atoms with Gasteiger partial charge in [0.1, 0.15) is 5.82 Å². The van der Waals surface area contributed by atoms with Gasteiger partial charge in [0.25, 0.3) is 5.91 Å². The van der Waals surface area contributed by atoms with E-state index in [2.05, 4.69) is 10.5 Å². The predicted molar refractivity (Wildman–Crippen MR) is 100 cm³/mol. The first-order valence-electron chi connectivity index (χ1n) is 8.07. The molecule has 4 nitrogen and oxygen atoms in total. The Labute approximate surface area is 150 Å². The summed E-state index contributed by atoms with van der Waals surface area (Å²) < 4.78 is 13.4. The van der Waals surface area contributed by atoms with E-state index in [1.54, 1.807) is 18.2 Å². The zero-order valence-electron chi connectivity index (χ0n) is 13.9. The van der Waals surface area contributed by atoms with Crippen LogP contribution in [0, 0.1) is 5.82 Å². The Morgan fingerprint density at radius 3 is 2.31 bits per heavy atom. The first kappa shape index (κ1) is 17.4. The van der Waals surface area contributed by atoms with Crippen LogP contribution in [0.3, 0.4) is 0 Å². The molecule has 0 aliphatic rings. The Hall–Kier alpha value is -3.47. The smallest absolute Gasteiger partial charge is 0.265 e. The van der Waals surface area contributed by atoms with E-state index in [9.17, 15) is 9.18 Å². The highest BCUT2D eigenvalue weighted by Crippen LogP contribution is 2.20. The number of benzene rings is 3. The number of oxime groups is 1. The summed E-state index contributed by atoms with van der Waals surface area (Å²) >= 11 is 0. The Bertz CT molecular complexity index is 893. The molecule has 0 aliphatic heterocycles. The molecular weight excluding hydrogens is 331 g/mol. The van der Waals surface area contributed by atoms with E-state index in [0.717, 1.165) is 11.1 Å². The fraction of sp³-hybridized carbons (Fsp3) is 0.0476. The van der Waals surface area contributed by atoms with Gasteiger partial charge in [-0.2, -0.15) is 0 Å². The van der Waals surface area contributed by atoms with E-state index < -0.39 is 5.82 Å². The maximum atomic E-state index is 13.4. The summed E-state index contributed by atoms with van der Waals surface area (Å²) in [6, 6.07) is 23.6. The zero-order chi connectivity index (χ0) is 18.2. The number of hydrogen-bond donors (Lipinski definition) is 1. The summed E-state index contributed by atoms with van der Waals surface area (Å²) in [5.74, 6) is -0.744. The largest absolute Gasteiger partial charge is 0.386 e. The lowest BCUT2D eigenvalue weighted by Gasteiger charge is -2.06. The molecule has 0 radical (unpaired) electrons. The fourth-order valence-electron chi connectivity index (χ4n) is 2.34. The van der Waals surface area contributed by atoms with Gasteiger partial charge in [0, 0.05) is 11.3 Å². The third-order valence-corrected chi connectivity index (χ3v) is 3.64. The molecule has 3 aromatic carbocycles. The van der Waals surface area contributed by atoms with E-state index in [0.29, 0.717) is 11.3 Å². The van der Waals surface area contributed by atoms with Crippen molar-refractivity contribution in [2.45, 2.75) is 0 Å². The first-order chi connectivity index (χ1) is 12.7. The number of amides is 1. The molecule has 0 saturated heterocycles. The van der Waals surface area contributed by atoms with Gasteiger partial charge in [0.15, 0.2) is 6.61 Å². The molecule has 0 spiro atoms. The summed E-state index contributed by atoms with van der Waals surface area (Å²) in [5, 5.41) is 6.33. The van der Waals surface area contributed by atoms with Gasteiger partial charge in [-0.05, 0) is 29.3 Å². The number of carbonyl (C=O) groups is 1. The maximum absolute atomic E-state index is 13.4. The molecule has 0 aromatic heterocycles. The second kappa shape index (κ2) is 8.58. The molecule has 0 saturated carbocycles. The van der Waals surface area contributed by atoms with E-state index in [1.807, 2.05) is 54.6 Å². The summed E-state index contributed by atoms with van der Waals surface area (Å²) in [6.45, 7) is -0.259. The summed E-state index contributed by atoms with van der Waals surface area (Å²) in [6.07, 6.45) is 1.23. The highest BCUT2D eigenvalue weighted by Gasteiger charge is 2.04. The fourth-order valence-corrected chi connectivity index (χ4v) is 2.34. The SMILES string of the molecule is O=C(CO/N=C\c1ccccc1F)Nc1ccc(-c2ccccc2)cc1. The van der Waals surface area contributed by atoms with Gasteiger partial charge in [-0.15, -0.1) is 0 Å². The van der Waals surface area contributed by atoms with Crippen LogP contribution in [0.2, 0.25) is 0 Å². The number of nitrogens with one attached hydrogen (secondary N) is 1. The molecule has 1 N–H and O–H groups in total. The molecular formula is C21H17FN2O2. The van der Waals surface area contributed by atoms with Crippen LogP contribution < -0.4 is 5.32 Å². The third-order valence-electron chi connectivity index (χ3n) is 3.64. The van der Waals surface area contributed by atoms with Crippen LogP contribution in [-0.4, -0.2) is 18.7 Å². The maximum Gasteiger partial charge on any atom is 0.265 e. The van der Waals surface area contributed by atoms with Crippen LogP contribution >= 0.6 is 0 Å². The standard InChI is InChI=1S/C21H17FN2O2/c22-20-9-5-4-8-18(20)14-23-26-15-21(25)24-19-12-10-17(11-13-19)16-6-2-1-3-7-16/h1-14H,15H2,(H,24,25)/b23-14-. The molecule has 0 bridgehead atoms. The van der Waals surface area contributed by atoms with Gasteiger partial charge >= 0.3 is 0 Å². The molecule has 130 valence electrons. The van der Waals surface area contributed by atoms with Crippen LogP contribution in [0.4, 0.5) is 10.1 Å². The molecule has 0 unspecified atom stereocenters. The minimum atomic E-state index is -0.400. The number of nitrogens with zero attached hydrogens (tertiary/aromatic N) is 1. The van der Waals surface area contributed by atoms with Crippen LogP contribution in [0.5, 0.6) is 0 Å².